The van der Waals surface area contributed by atoms with Gasteiger partial charge in [-0.25, -0.2) is 4.79 Å². The number of nitrogens with one attached hydrogen (secondary N) is 1. The molecule has 0 aliphatic heterocycles. The summed E-state index contributed by atoms with van der Waals surface area (Å²) in [5, 5.41) is 10.6. The van der Waals surface area contributed by atoms with Gasteiger partial charge in [0.1, 0.15) is 6.04 Å². The van der Waals surface area contributed by atoms with Crippen molar-refractivity contribution < 1.29 is 14.7 Å². The van der Waals surface area contributed by atoms with Crippen molar-refractivity contribution in [2.45, 2.75) is 19.4 Å². The molecule has 1 amide bonds. The topological polar surface area (TPSA) is 66.4 Å². The van der Waals surface area contributed by atoms with Gasteiger partial charge in [0, 0.05) is 0 Å². The van der Waals surface area contributed by atoms with Gasteiger partial charge in [0.25, 0.3) is 5.91 Å². The summed E-state index contributed by atoms with van der Waals surface area (Å²) in [5.41, 5.74) is 0. The Hall–Kier alpha value is -1.50. The number of terminal acetylenes is 1. The SMILES string of the molecule is C#CC(=O)N[C@@H](CC)C(=O)O. The first-order valence-corrected chi connectivity index (χ1v) is 3.11. The van der Waals surface area contributed by atoms with Crippen LogP contribution in [0.3, 0.4) is 0 Å². The fraction of sp³-hybridized carbons (Fsp3) is 0.429. The Morgan fingerprint density at radius 3 is 2.55 bits per heavy atom. The molecule has 11 heavy (non-hydrogen) atoms. The van der Waals surface area contributed by atoms with Crippen LogP contribution in [0.15, 0.2) is 0 Å². The smallest absolute Gasteiger partial charge is 0.326 e. The van der Waals surface area contributed by atoms with Gasteiger partial charge < -0.3 is 10.4 Å². The lowest BCUT2D eigenvalue weighted by Gasteiger charge is -2.08. The van der Waals surface area contributed by atoms with Gasteiger partial charge in [0.05, 0.1) is 0 Å². The monoisotopic (exact) mass is 155 g/mol. The zero-order chi connectivity index (χ0) is 8.85. The summed E-state index contributed by atoms with van der Waals surface area (Å²) in [6.45, 7) is 1.65. The minimum absolute atomic E-state index is 0.322. The lowest BCUT2D eigenvalue weighted by molar-refractivity contribution is -0.141. The van der Waals surface area contributed by atoms with Crippen LogP contribution in [0.1, 0.15) is 13.3 Å². The Morgan fingerprint density at radius 2 is 2.27 bits per heavy atom. The third kappa shape index (κ3) is 3.26. The molecule has 0 bridgehead atoms. The summed E-state index contributed by atoms with van der Waals surface area (Å²) < 4.78 is 0. The summed E-state index contributed by atoms with van der Waals surface area (Å²) in [5.74, 6) is 0.00306. The summed E-state index contributed by atoms with van der Waals surface area (Å²) in [6.07, 6.45) is 5.04. The maximum atomic E-state index is 10.5. The van der Waals surface area contributed by atoms with Gasteiger partial charge in [0.2, 0.25) is 0 Å². The summed E-state index contributed by atoms with van der Waals surface area (Å²) in [7, 11) is 0. The van der Waals surface area contributed by atoms with Crippen LogP contribution < -0.4 is 5.32 Å². The summed E-state index contributed by atoms with van der Waals surface area (Å²) in [4.78, 5) is 20.8. The summed E-state index contributed by atoms with van der Waals surface area (Å²) >= 11 is 0. The fourth-order valence-corrected chi connectivity index (χ4v) is 0.538. The highest BCUT2D eigenvalue weighted by molar-refractivity contribution is 5.95. The van der Waals surface area contributed by atoms with Crippen LogP contribution in [0, 0.1) is 12.3 Å². The molecule has 0 aromatic carbocycles. The fourth-order valence-electron chi connectivity index (χ4n) is 0.538. The lowest BCUT2D eigenvalue weighted by Crippen LogP contribution is -2.39. The normalized spacial score (nSPS) is 11.3. The largest absolute Gasteiger partial charge is 0.480 e. The van der Waals surface area contributed by atoms with Crippen molar-refractivity contribution in [3.63, 3.8) is 0 Å². The van der Waals surface area contributed by atoms with Gasteiger partial charge in [-0.2, -0.15) is 0 Å². The number of hydrogen-bond donors (Lipinski definition) is 2. The van der Waals surface area contributed by atoms with Gasteiger partial charge >= 0.3 is 5.97 Å². The van der Waals surface area contributed by atoms with Crippen molar-refractivity contribution in [2.75, 3.05) is 0 Å². The van der Waals surface area contributed by atoms with Crippen LogP contribution in [0.25, 0.3) is 0 Å². The zero-order valence-corrected chi connectivity index (χ0v) is 6.13. The van der Waals surface area contributed by atoms with Crippen molar-refractivity contribution in [1.82, 2.24) is 5.32 Å². The number of amides is 1. The van der Waals surface area contributed by atoms with Crippen molar-refractivity contribution in [3.05, 3.63) is 0 Å². The first kappa shape index (κ1) is 9.50. The summed E-state index contributed by atoms with van der Waals surface area (Å²) in [6, 6.07) is -0.876. The van der Waals surface area contributed by atoms with Crippen LogP contribution >= 0.6 is 0 Å². The number of carbonyl (C=O) groups excluding carboxylic acids is 1. The Kier molecular flexibility index (Phi) is 3.75. The minimum atomic E-state index is -1.07. The van der Waals surface area contributed by atoms with Gasteiger partial charge in [-0.05, 0) is 12.3 Å². The van der Waals surface area contributed by atoms with E-state index < -0.39 is 17.9 Å². The van der Waals surface area contributed by atoms with Gasteiger partial charge in [0.15, 0.2) is 0 Å². The Morgan fingerprint density at radius 1 is 1.73 bits per heavy atom. The van der Waals surface area contributed by atoms with E-state index in [0.29, 0.717) is 6.42 Å². The highest BCUT2D eigenvalue weighted by Crippen LogP contribution is 1.89. The van der Waals surface area contributed by atoms with Crippen LogP contribution in [0.5, 0.6) is 0 Å². The van der Waals surface area contributed by atoms with Crippen molar-refractivity contribution >= 4 is 11.9 Å². The third-order valence-corrected chi connectivity index (χ3v) is 1.14. The second-order valence-corrected chi connectivity index (χ2v) is 1.92. The second-order valence-electron chi connectivity index (χ2n) is 1.92. The van der Waals surface area contributed by atoms with Gasteiger partial charge in [-0.1, -0.05) is 6.92 Å². The molecule has 0 fully saturated rings. The molecule has 4 nitrogen and oxygen atoms in total. The lowest BCUT2D eigenvalue weighted by atomic mass is 10.2. The maximum absolute atomic E-state index is 10.5. The molecule has 0 rings (SSSR count). The molecule has 1 atom stereocenters. The molecule has 4 heteroatoms. The van der Waals surface area contributed by atoms with Crippen molar-refractivity contribution in [2.24, 2.45) is 0 Å². The molecule has 0 aliphatic carbocycles. The van der Waals surface area contributed by atoms with Crippen LogP contribution in [0.4, 0.5) is 0 Å². The van der Waals surface area contributed by atoms with E-state index in [1.165, 1.54) is 0 Å². The molecule has 60 valence electrons. The molecule has 0 aromatic heterocycles. The minimum Gasteiger partial charge on any atom is -0.480 e. The molecular formula is C7H9NO3. The maximum Gasteiger partial charge on any atom is 0.326 e. The van der Waals surface area contributed by atoms with Crippen LogP contribution in [-0.4, -0.2) is 23.0 Å². The van der Waals surface area contributed by atoms with Crippen molar-refractivity contribution in [3.8, 4) is 12.3 Å². The molecule has 0 saturated heterocycles. The van der Waals surface area contributed by atoms with E-state index >= 15 is 0 Å². The molecule has 0 spiro atoms. The molecular weight excluding hydrogens is 146 g/mol. The van der Waals surface area contributed by atoms with E-state index in [9.17, 15) is 9.59 Å². The number of carboxylic acid groups (broad SMARTS) is 1. The highest BCUT2D eigenvalue weighted by Gasteiger charge is 2.15. The predicted octanol–water partition coefficient (Wildman–Crippen LogP) is -0.401. The molecule has 2 N–H and O–H groups in total. The predicted molar refractivity (Wildman–Crippen MR) is 38.7 cm³/mol. The average molecular weight is 155 g/mol. The van der Waals surface area contributed by atoms with E-state index in [4.69, 9.17) is 11.5 Å². The van der Waals surface area contributed by atoms with Crippen molar-refractivity contribution in [1.29, 1.82) is 0 Å². The van der Waals surface area contributed by atoms with E-state index in [2.05, 4.69) is 5.32 Å². The number of hydrogen-bond acceptors (Lipinski definition) is 2. The number of carbonyl (C=O) groups is 2. The van der Waals surface area contributed by atoms with Crippen LogP contribution in [0.2, 0.25) is 0 Å². The Bertz CT molecular complexity index is 204. The standard InChI is InChI=1S/C7H9NO3/c1-3-5(7(10)11)8-6(9)4-2/h2,5H,3H2,1H3,(H,8,9)(H,10,11)/t5-/m0/s1. The number of rotatable bonds is 3. The Labute approximate surface area is 64.6 Å². The first-order valence-electron chi connectivity index (χ1n) is 3.11. The quantitative estimate of drug-likeness (QED) is 0.545. The van der Waals surface area contributed by atoms with E-state index in [1.807, 2.05) is 0 Å². The molecule has 0 aromatic rings. The molecule has 0 radical (unpaired) electrons. The number of carboxylic acids is 1. The molecule has 0 heterocycles. The van der Waals surface area contributed by atoms with Gasteiger partial charge in [-0.3, -0.25) is 4.79 Å². The van der Waals surface area contributed by atoms with Gasteiger partial charge in [-0.15, -0.1) is 6.42 Å². The van der Waals surface area contributed by atoms with E-state index in [0.717, 1.165) is 0 Å². The van der Waals surface area contributed by atoms with E-state index in [1.54, 1.807) is 12.8 Å². The van der Waals surface area contributed by atoms with Crippen LogP contribution in [-0.2, 0) is 9.59 Å². The van der Waals surface area contributed by atoms with E-state index in [-0.39, 0.29) is 0 Å². The number of aliphatic carboxylic acids is 1. The molecule has 0 aliphatic rings. The third-order valence-electron chi connectivity index (χ3n) is 1.14. The first-order chi connectivity index (χ1) is 5.11. The average Bonchev–Trinajstić information content (AvgIpc) is 1.99. The molecule has 0 unspecified atom stereocenters. The zero-order valence-electron chi connectivity index (χ0n) is 6.13. The molecule has 0 saturated carbocycles. The highest BCUT2D eigenvalue weighted by atomic mass is 16.4. The Balaban J connectivity index is 4.01. The second kappa shape index (κ2) is 4.34.